The number of aryl methyl sites for hydroxylation is 1. The van der Waals surface area contributed by atoms with Crippen LogP contribution in [-0.2, 0) is 11.2 Å². The second-order valence-electron chi connectivity index (χ2n) is 5.14. The lowest BCUT2D eigenvalue weighted by molar-refractivity contribution is 0.131. The van der Waals surface area contributed by atoms with Gasteiger partial charge in [-0.05, 0) is 26.2 Å². The van der Waals surface area contributed by atoms with E-state index < -0.39 is 0 Å². The third kappa shape index (κ3) is 6.47. The zero-order valence-electron chi connectivity index (χ0n) is 14.2. The fourth-order valence-electron chi connectivity index (χ4n) is 1.94. The second kappa shape index (κ2) is 11.1. The van der Waals surface area contributed by atoms with Gasteiger partial charge in [0.05, 0.1) is 6.61 Å². The van der Waals surface area contributed by atoms with E-state index in [9.17, 15) is 0 Å². The summed E-state index contributed by atoms with van der Waals surface area (Å²) in [6.45, 7) is 9.07. The normalized spacial score (nSPS) is 10.7. The number of nitrogen functional groups attached to an aromatic ring is 1. The van der Waals surface area contributed by atoms with Crippen molar-refractivity contribution < 1.29 is 9.47 Å². The molecule has 1 aromatic rings. The summed E-state index contributed by atoms with van der Waals surface area (Å²) in [5.74, 6) is 1.90. The van der Waals surface area contributed by atoms with Crippen molar-refractivity contribution in [2.24, 2.45) is 0 Å². The van der Waals surface area contributed by atoms with Crippen LogP contribution in [0.5, 0.6) is 5.88 Å². The van der Waals surface area contributed by atoms with E-state index in [1.807, 2.05) is 6.92 Å². The van der Waals surface area contributed by atoms with Crippen LogP contribution in [0.15, 0.2) is 0 Å². The van der Waals surface area contributed by atoms with Crippen LogP contribution in [0.25, 0.3) is 0 Å². The number of hydrogen-bond donors (Lipinski definition) is 2. The molecule has 6 nitrogen and oxygen atoms in total. The van der Waals surface area contributed by atoms with Gasteiger partial charge in [0.1, 0.15) is 11.5 Å². The Morgan fingerprint density at radius 2 is 1.82 bits per heavy atom. The highest BCUT2D eigenvalue weighted by Crippen LogP contribution is 2.26. The van der Waals surface area contributed by atoms with Gasteiger partial charge in [-0.2, -0.15) is 4.98 Å². The highest BCUT2D eigenvalue weighted by atomic mass is 16.5. The lowest BCUT2D eigenvalue weighted by Gasteiger charge is -2.13. The van der Waals surface area contributed by atoms with Gasteiger partial charge in [0.2, 0.25) is 5.88 Å². The third-order valence-electron chi connectivity index (χ3n) is 3.11. The van der Waals surface area contributed by atoms with E-state index in [0.717, 1.165) is 57.7 Å². The molecule has 0 aliphatic carbocycles. The van der Waals surface area contributed by atoms with E-state index in [2.05, 4.69) is 29.1 Å². The number of nitrogens with zero attached hydrogens (tertiary/aromatic N) is 2. The molecule has 1 aromatic heterocycles. The van der Waals surface area contributed by atoms with Gasteiger partial charge in [0, 0.05) is 26.2 Å². The van der Waals surface area contributed by atoms with Crippen molar-refractivity contribution in [2.45, 2.75) is 52.9 Å². The van der Waals surface area contributed by atoms with Gasteiger partial charge in [0.25, 0.3) is 0 Å². The molecule has 1 rings (SSSR count). The minimum Gasteiger partial charge on any atom is -0.476 e. The standard InChI is InChI=1S/C16H30N4O2/c1-4-7-11-21-12-8-10-18-15-14(17)16(22-6-3)20-13(19-15)9-5-2/h4-12,17H2,1-3H3,(H,18,19,20). The molecule has 0 saturated carbocycles. The Morgan fingerprint density at radius 3 is 2.50 bits per heavy atom. The van der Waals surface area contributed by atoms with Crippen LogP contribution in [-0.4, -0.2) is 36.3 Å². The van der Waals surface area contributed by atoms with Crippen molar-refractivity contribution in [3.8, 4) is 5.88 Å². The van der Waals surface area contributed by atoms with Crippen LogP contribution in [0.1, 0.15) is 52.3 Å². The summed E-state index contributed by atoms with van der Waals surface area (Å²) in [6.07, 6.45) is 5.00. The Hall–Kier alpha value is -1.56. The van der Waals surface area contributed by atoms with E-state index in [-0.39, 0.29) is 0 Å². The fraction of sp³-hybridized carbons (Fsp3) is 0.750. The predicted molar refractivity (Wildman–Crippen MR) is 90.4 cm³/mol. The van der Waals surface area contributed by atoms with Crippen molar-refractivity contribution in [3.05, 3.63) is 5.82 Å². The monoisotopic (exact) mass is 310 g/mol. The first kappa shape index (κ1) is 18.5. The quantitative estimate of drug-likeness (QED) is 0.577. The molecule has 0 spiro atoms. The minimum absolute atomic E-state index is 0.475. The molecular formula is C16H30N4O2. The number of anilines is 2. The molecule has 6 heteroatoms. The molecule has 0 bridgehead atoms. The number of nitrogens with two attached hydrogens (primary N) is 1. The molecule has 0 amide bonds. The third-order valence-corrected chi connectivity index (χ3v) is 3.11. The molecule has 0 radical (unpaired) electrons. The molecule has 0 atom stereocenters. The van der Waals surface area contributed by atoms with Crippen LogP contribution >= 0.6 is 0 Å². The zero-order valence-corrected chi connectivity index (χ0v) is 14.2. The first-order valence-electron chi connectivity index (χ1n) is 8.33. The van der Waals surface area contributed by atoms with E-state index in [1.165, 1.54) is 0 Å². The Kier molecular flexibility index (Phi) is 9.30. The van der Waals surface area contributed by atoms with Gasteiger partial charge in [-0.1, -0.05) is 20.3 Å². The maximum absolute atomic E-state index is 6.07. The van der Waals surface area contributed by atoms with Gasteiger partial charge in [-0.25, -0.2) is 4.98 Å². The number of nitrogens with one attached hydrogen (secondary N) is 1. The van der Waals surface area contributed by atoms with Gasteiger partial charge in [-0.15, -0.1) is 0 Å². The lowest BCUT2D eigenvalue weighted by Crippen LogP contribution is -2.13. The molecule has 0 aliphatic heterocycles. The fourth-order valence-corrected chi connectivity index (χ4v) is 1.94. The van der Waals surface area contributed by atoms with Gasteiger partial charge in [0.15, 0.2) is 5.82 Å². The molecule has 0 aromatic carbocycles. The van der Waals surface area contributed by atoms with Crippen molar-refractivity contribution in [3.63, 3.8) is 0 Å². The number of aromatic nitrogens is 2. The van der Waals surface area contributed by atoms with Gasteiger partial charge < -0.3 is 20.5 Å². The van der Waals surface area contributed by atoms with Crippen LogP contribution in [0, 0.1) is 0 Å². The number of rotatable bonds is 12. The number of unbranched alkanes of at least 4 members (excludes halogenated alkanes) is 1. The van der Waals surface area contributed by atoms with Crippen LogP contribution < -0.4 is 15.8 Å². The van der Waals surface area contributed by atoms with E-state index in [4.69, 9.17) is 15.2 Å². The zero-order chi connectivity index (χ0) is 16.2. The molecule has 0 fully saturated rings. The average Bonchev–Trinajstić information content (AvgIpc) is 2.51. The molecule has 3 N–H and O–H groups in total. The largest absolute Gasteiger partial charge is 0.476 e. The van der Waals surface area contributed by atoms with Gasteiger partial charge in [-0.3, -0.25) is 0 Å². The second-order valence-corrected chi connectivity index (χ2v) is 5.14. The first-order chi connectivity index (χ1) is 10.7. The van der Waals surface area contributed by atoms with Crippen molar-refractivity contribution in [2.75, 3.05) is 37.4 Å². The predicted octanol–water partition coefficient (Wildman–Crippen LogP) is 3.03. The summed E-state index contributed by atoms with van der Waals surface area (Å²) in [6, 6.07) is 0. The average molecular weight is 310 g/mol. The SMILES string of the molecule is CCCCOCCCNc1nc(CCC)nc(OCC)c1N. The van der Waals surface area contributed by atoms with Crippen molar-refractivity contribution in [1.29, 1.82) is 0 Å². The molecule has 1 heterocycles. The molecule has 22 heavy (non-hydrogen) atoms. The topological polar surface area (TPSA) is 82.3 Å². The first-order valence-corrected chi connectivity index (χ1v) is 8.33. The molecule has 126 valence electrons. The highest BCUT2D eigenvalue weighted by Gasteiger charge is 2.12. The maximum Gasteiger partial charge on any atom is 0.242 e. The van der Waals surface area contributed by atoms with Gasteiger partial charge >= 0.3 is 0 Å². The van der Waals surface area contributed by atoms with E-state index >= 15 is 0 Å². The van der Waals surface area contributed by atoms with E-state index in [0.29, 0.717) is 24.0 Å². The Balaban J connectivity index is 2.53. The Bertz CT molecular complexity index is 427. The summed E-state index contributed by atoms with van der Waals surface area (Å²) in [4.78, 5) is 8.85. The van der Waals surface area contributed by atoms with E-state index in [1.54, 1.807) is 0 Å². The summed E-state index contributed by atoms with van der Waals surface area (Å²) in [7, 11) is 0. The molecular weight excluding hydrogens is 280 g/mol. The smallest absolute Gasteiger partial charge is 0.242 e. The number of ether oxygens (including phenoxy) is 2. The summed E-state index contributed by atoms with van der Waals surface area (Å²) in [5, 5.41) is 3.27. The van der Waals surface area contributed by atoms with Crippen molar-refractivity contribution in [1.82, 2.24) is 9.97 Å². The summed E-state index contributed by atoms with van der Waals surface area (Å²) in [5.41, 5.74) is 6.55. The lowest BCUT2D eigenvalue weighted by atomic mass is 10.3. The Morgan fingerprint density at radius 1 is 1.05 bits per heavy atom. The summed E-state index contributed by atoms with van der Waals surface area (Å²) < 4.78 is 11.0. The van der Waals surface area contributed by atoms with Crippen molar-refractivity contribution >= 4 is 11.5 Å². The highest BCUT2D eigenvalue weighted by molar-refractivity contribution is 5.66. The number of hydrogen-bond acceptors (Lipinski definition) is 6. The maximum atomic E-state index is 6.07. The minimum atomic E-state index is 0.475. The molecule has 0 unspecified atom stereocenters. The van der Waals surface area contributed by atoms with Crippen LogP contribution in [0.4, 0.5) is 11.5 Å². The Labute approximate surface area is 133 Å². The van der Waals surface area contributed by atoms with Crippen LogP contribution in [0.2, 0.25) is 0 Å². The van der Waals surface area contributed by atoms with Crippen LogP contribution in [0.3, 0.4) is 0 Å². The molecule has 0 aliphatic rings. The molecule has 0 saturated heterocycles. The summed E-state index contributed by atoms with van der Waals surface area (Å²) >= 11 is 0.